The molecule has 0 saturated heterocycles. The Morgan fingerprint density at radius 1 is 1.50 bits per heavy atom. The highest BCUT2D eigenvalue weighted by Gasteiger charge is 2.17. The fraction of sp³-hybridized carbons (Fsp3) is 0.364. The molecule has 1 atom stereocenters. The summed E-state index contributed by atoms with van der Waals surface area (Å²) >= 11 is 6.09. The van der Waals surface area contributed by atoms with Gasteiger partial charge in [0.05, 0.1) is 16.8 Å². The SMILES string of the molecule is CN(C)C(S)c1ccc2c(c1)NC(=O)CS2. The van der Waals surface area contributed by atoms with Crippen LogP contribution in [-0.4, -0.2) is 30.7 Å². The van der Waals surface area contributed by atoms with E-state index in [1.807, 2.05) is 31.1 Å². The topological polar surface area (TPSA) is 32.3 Å². The van der Waals surface area contributed by atoms with Crippen molar-refractivity contribution >= 4 is 36.0 Å². The smallest absolute Gasteiger partial charge is 0.234 e. The molecule has 0 saturated carbocycles. The lowest BCUT2D eigenvalue weighted by Gasteiger charge is -2.22. The highest BCUT2D eigenvalue weighted by atomic mass is 32.2. The summed E-state index contributed by atoms with van der Waals surface area (Å²) in [4.78, 5) is 14.4. The molecule has 1 amide bonds. The molecule has 0 aliphatic carbocycles. The molecular formula is C11H14N2OS2. The first-order valence-electron chi connectivity index (χ1n) is 4.99. The number of anilines is 1. The van der Waals surface area contributed by atoms with Gasteiger partial charge in [0.25, 0.3) is 0 Å². The first-order valence-corrected chi connectivity index (χ1v) is 6.49. The van der Waals surface area contributed by atoms with Crippen molar-refractivity contribution in [2.45, 2.75) is 10.3 Å². The van der Waals surface area contributed by atoms with E-state index in [-0.39, 0.29) is 11.3 Å². The van der Waals surface area contributed by atoms with Crippen LogP contribution in [0.3, 0.4) is 0 Å². The summed E-state index contributed by atoms with van der Waals surface area (Å²) in [5, 5.41) is 2.93. The molecule has 5 heteroatoms. The van der Waals surface area contributed by atoms with Crippen molar-refractivity contribution in [1.82, 2.24) is 4.90 Å². The third kappa shape index (κ3) is 2.36. The largest absolute Gasteiger partial charge is 0.324 e. The number of nitrogens with one attached hydrogen (secondary N) is 1. The summed E-state index contributed by atoms with van der Waals surface area (Å²) in [7, 11) is 3.95. The molecule has 0 fully saturated rings. The molecule has 1 aliphatic heterocycles. The second kappa shape index (κ2) is 4.69. The predicted octanol–water partition coefficient (Wildman–Crippen LogP) is 2.22. The van der Waals surface area contributed by atoms with E-state index >= 15 is 0 Å². The number of thiol groups is 1. The average Bonchev–Trinajstić information content (AvgIpc) is 2.26. The first kappa shape index (κ1) is 11.8. The van der Waals surface area contributed by atoms with Crippen molar-refractivity contribution in [3.05, 3.63) is 23.8 Å². The number of amides is 1. The number of nitrogens with zero attached hydrogens (tertiary/aromatic N) is 1. The summed E-state index contributed by atoms with van der Waals surface area (Å²) in [5.74, 6) is 0.569. The van der Waals surface area contributed by atoms with Crippen molar-refractivity contribution in [1.29, 1.82) is 0 Å². The molecule has 0 spiro atoms. The van der Waals surface area contributed by atoms with Crippen LogP contribution in [0.25, 0.3) is 0 Å². The highest BCUT2D eigenvalue weighted by molar-refractivity contribution is 8.00. The summed E-state index contributed by atoms with van der Waals surface area (Å²) in [6, 6.07) is 6.10. The minimum atomic E-state index is 0.0501. The lowest BCUT2D eigenvalue weighted by Crippen LogP contribution is -2.20. The zero-order valence-electron chi connectivity index (χ0n) is 9.23. The molecule has 1 aromatic rings. The quantitative estimate of drug-likeness (QED) is 0.627. The Hall–Kier alpha value is -0.650. The van der Waals surface area contributed by atoms with E-state index in [0.717, 1.165) is 16.1 Å². The lowest BCUT2D eigenvalue weighted by molar-refractivity contribution is -0.113. The Bertz CT molecular complexity index is 420. The maximum atomic E-state index is 11.3. The van der Waals surface area contributed by atoms with Gasteiger partial charge in [-0.05, 0) is 31.8 Å². The van der Waals surface area contributed by atoms with Crippen LogP contribution >= 0.6 is 24.4 Å². The number of fused-ring (bicyclic) bond motifs is 1. The maximum absolute atomic E-state index is 11.3. The van der Waals surface area contributed by atoms with Crippen LogP contribution in [0.4, 0.5) is 5.69 Å². The number of rotatable bonds is 2. The minimum absolute atomic E-state index is 0.0501. The summed E-state index contributed by atoms with van der Waals surface area (Å²) < 4.78 is 0. The molecule has 0 bridgehead atoms. The molecule has 1 aliphatic rings. The van der Waals surface area contributed by atoms with Gasteiger partial charge in [0.1, 0.15) is 0 Å². The van der Waals surface area contributed by atoms with Gasteiger partial charge in [-0.2, -0.15) is 12.6 Å². The van der Waals surface area contributed by atoms with Gasteiger partial charge in [-0.3, -0.25) is 9.69 Å². The lowest BCUT2D eigenvalue weighted by atomic mass is 10.2. The Kier molecular flexibility index (Phi) is 3.47. The molecule has 1 heterocycles. The Morgan fingerprint density at radius 3 is 2.94 bits per heavy atom. The molecule has 0 radical (unpaired) electrons. The average molecular weight is 254 g/mol. The van der Waals surface area contributed by atoms with E-state index in [1.165, 1.54) is 0 Å². The Morgan fingerprint density at radius 2 is 2.25 bits per heavy atom. The zero-order valence-corrected chi connectivity index (χ0v) is 10.9. The fourth-order valence-electron chi connectivity index (χ4n) is 1.56. The van der Waals surface area contributed by atoms with Crippen LogP contribution in [-0.2, 0) is 4.79 Å². The highest BCUT2D eigenvalue weighted by Crippen LogP contribution is 2.34. The fourth-order valence-corrected chi connectivity index (χ4v) is 2.51. The molecule has 1 unspecified atom stereocenters. The van der Waals surface area contributed by atoms with Gasteiger partial charge in [-0.15, -0.1) is 11.8 Å². The van der Waals surface area contributed by atoms with Gasteiger partial charge in [0.2, 0.25) is 5.91 Å². The van der Waals surface area contributed by atoms with Crippen molar-refractivity contribution in [3.8, 4) is 0 Å². The van der Waals surface area contributed by atoms with Crippen molar-refractivity contribution in [3.63, 3.8) is 0 Å². The van der Waals surface area contributed by atoms with E-state index < -0.39 is 0 Å². The van der Waals surface area contributed by atoms with E-state index in [4.69, 9.17) is 0 Å². The number of thioether (sulfide) groups is 1. The van der Waals surface area contributed by atoms with Crippen LogP contribution in [0.15, 0.2) is 23.1 Å². The Labute approximate surface area is 105 Å². The van der Waals surface area contributed by atoms with Crippen LogP contribution in [0.2, 0.25) is 0 Å². The molecule has 86 valence electrons. The van der Waals surface area contributed by atoms with Gasteiger partial charge in [-0.25, -0.2) is 0 Å². The number of hydrogen-bond donors (Lipinski definition) is 2. The third-order valence-electron chi connectivity index (χ3n) is 2.42. The van der Waals surface area contributed by atoms with E-state index in [2.05, 4.69) is 24.0 Å². The molecule has 1 aromatic carbocycles. The van der Waals surface area contributed by atoms with Gasteiger partial charge in [0.15, 0.2) is 0 Å². The molecule has 0 aromatic heterocycles. The van der Waals surface area contributed by atoms with Crippen LogP contribution in [0.1, 0.15) is 10.9 Å². The van der Waals surface area contributed by atoms with Crippen LogP contribution < -0.4 is 5.32 Å². The zero-order chi connectivity index (χ0) is 11.7. The number of carbonyl (C=O) groups excluding carboxylic acids is 1. The van der Waals surface area contributed by atoms with Crippen LogP contribution in [0.5, 0.6) is 0 Å². The second-order valence-electron chi connectivity index (χ2n) is 3.93. The summed E-state index contributed by atoms with van der Waals surface area (Å²) in [5.41, 5.74) is 1.99. The normalized spacial score (nSPS) is 16.9. The summed E-state index contributed by atoms with van der Waals surface area (Å²) in [6.45, 7) is 0. The number of carbonyl (C=O) groups is 1. The van der Waals surface area contributed by atoms with Gasteiger partial charge >= 0.3 is 0 Å². The van der Waals surface area contributed by atoms with E-state index in [1.54, 1.807) is 11.8 Å². The minimum Gasteiger partial charge on any atom is -0.324 e. The van der Waals surface area contributed by atoms with Crippen molar-refractivity contribution < 1.29 is 4.79 Å². The molecule has 2 rings (SSSR count). The maximum Gasteiger partial charge on any atom is 0.234 e. The van der Waals surface area contributed by atoms with Crippen molar-refractivity contribution in [2.75, 3.05) is 25.2 Å². The molecule has 16 heavy (non-hydrogen) atoms. The standard InChI is InChI=1S/C11H14N2OS2/c1-13(2)11(15)7-3-4-9-8(5-7)12-10(14)6-16-9/h3-5,11,15H,6H2,1-2H3,(H,12,14). The molecule has 3 nitrogen and oxygen atoms in total. The van der Waals surface area contributed by atoms with Gasteiger partial charge < -0.3 is 5.32 Å². The second-order valence-corrected chi connectivity index (χ2v) is 5.44. The number of benzene rings is 1. The third-order valence-corrected chi connectivity index (χ3v) is 4.26. The Balaban J connectivity index is 2.31. The summed E-state index contributed by atoms with van der Waals surface area (Å²) in [6.07, 6.45) is 0. The van der Waals surface area contributed by atoms with Crippen LogP contribution in [0, 0.1) is 0 Å². The molecule has 1 N–H and O–H groups in total. The van der Waals surface area contributed by atoms with Crippen molar-refractivity contribution in [2.24, 2.45) is 0 Å². The molecular weight excluding hydrogens is 240 g/mol. The monoisotopic (exact) mass is 254 g/mol. The first-order chi connectivity index (χ1) is 7.58. The predicted molar refractivity (Wildman–Crippen MR) is 71.2 cm³/mol. The van der Waals surface area contributed by atoms with E-state index in [0.29, 0.717) is 5.75 Å². The number of hydrogen-bond acceptors (Lipinski definition) is 4. The van der Waals surface area contributed by atoms with Gasteiger partial charge in [0, 0.05) is 4.90 Å². The van der Waals surface area contributed by atoms with Gasteiger partial charge in [-0.1, -0.05) is 6.07 Å². The van der Waals surface area contributed by atoms with E-state index in [9.17, 15) is 4.79 Å².